The molecular formula is C15H14FNO3. The van der Waals surface area contributed by atoms with Crippen molar-refractivity contribution in [3.63, 3.8) is 0 Å². The average molecular weight is 275 g/mol. The quantitative estimate of drug-likeness (QED) is 0.935. The van der Waals surface area contributed by atoms with Gasteiger partial charge in [0.15, 0.2) is 5.89 Å². The first-order valence-corrected chi connectivity index (χ1v) is 6.56. The summed E-state index contributed by atoms with van der Waals surface area (Å²) < 4.78 is 18.8. The second-order valence-corrected chi connectivity index (χ2v) is 5.06. The lowest BCUT2D eigenvalue weighted by Crippen LogP contribution is -2.21. The van der Waals surface area contributed by atoms with Crippen molar-refractivity contribution in [3.05, 3.63) is 53.0 Å². The number of aliphatic carboxylic acids is 1. The van der Waals surface area contributed by atoms with Crippen molar-refractivity contribution >= 4 is 5.97 Å². The molecule has 4 nitrogen and oxygen atoms in total. The Morgan fingerprint density at radius 1 is 1.50 bits per heavy atom. The first-order chi connectivity index (χ1) is 9.61. The van der Waals surface area contributed by atoms with E-state index in [0.717, 1.165) is 11.3 Å². The highest BCUT2D eigenvalue weighted by Crippen LogP contribution is 2.27. The lowest BCUT2D eigenvalue weighted by Gasteiger charge is -2.15. The van der Waals surface area contributed by atoms with Crippen LogP contribution in [0.25, 0.3) is 0 Å². The van der Waals surface area contributed by atoms with Crippen molar-refractivity contribution in [1.82, 2.24) is 4.98 Å². The van der Waals surface area contributed by atoms with Crippen molar-refractivity contribution in [2.75, 3.05) is 0 Å². The Balaban J connectivity index is 1.79. The van der Waals surface area contributed by atoms with Crippen LogP contribution in [0, 0.1) is 11.7 Å². The third-order valence-corrected chi connectivity index (χ3v) is 3.58. The lowest BCUT2D eigenvalue weighted by atomic mass is 9.91. The number of hydrogen-bond acceptors (Lipinski definition) is 3. The highest BCUT2D eigenvalue weighted by atomic mass is 19.1. The molecule has 3 rings (SSSR count). The molecule has 0 bridgehead atoms. The van der Waals surface area contributed by atoms with Crippen LogP contribution in [0.2, 0.25) is 0 Å². The minimum absolute atomic E-state index is 0.287. The summed E-state index contributed by atoms with van der Waals surface area (Å²) in [6.45, 7) is 0. The van der Waals surface area contributed by atoms with Crippen LogP contribution in [0.3, 0.4) is 0 Å². The Morgan fingerprint density at radius 2 is 2.35 bits per heavy atom. The Bertz CT molecular complexity index is 650. The van der Waals surface area contributed by atoms with Crippen molar-refractivity contribution in [1.29, 1.82) is 0 Å². The normalized spacial score (nSPS) is 17.8. The first-order valence-electron chi connectivity index (χ1n) is 6.56. The van der Waals surface area contributed by atoms with Crippen LogP contribution in [0.5, 0.6) is 0 Å². The maximum Gasteiger partial charge on any atom is 0.306 e. The van der Waals surface area contributed by atoms with Gasteiger partial charge in [0.25, 0.3) is 0 Å². The third kappa shape index (κ3) is 2.57. The number of hydrogen-bond donors (Lipinski definition) is 1. The van der Waals surface area contributed by atoms with Crippen molar-refractivity contribution in [2.24, 2.45) is 5.92 Å². The second-order valence-electron chi connectivity index (χ2n) is 5.06. The number of rotatable bonds is 3. The van der Waals surface area contributed by atoms with Crippen LogP contribution < -0.4 is 0 Å². The zero-order chi connectivity index (χ0) is 14.1. The largest absolute Gasteiger partial charge is 0.481 e. The van der Waals surface area contributed by atoms with Gasteiger partial charge in [-0.25, -0.2) is 9.37 Å². The second kappa shape index (κ2) is 5.07. The molecule has 0 saturated carbocycles. The van der Waals surface area contributed by atoms with Gasteiger partial charge in [-0.15, -0.1) is 0 Å². The predicted molar refractivity (Wildman–Crippen MR) is 68.9 cm³/mol. The van der Waals surface area contributed by atoms with Gasteiger partial charge in [-0.1, -0.05) is 12.1 Å². The van der Waals surface area contributed by atoms with Gasteiger partial charge in [0.05, 0.1) is 11.6 Å². The van der Waals surface area contributed by atoms with Crippen LogP contribution in [-0.2, 0) is 24.1 Å². The van der Waals surface area contributed by atoms with Gasteiger partial charge < -0.3 is 9.52 Å². The standard InChI is InChI=1S/C15H14FNO3/c16-11-3-1-2-9(6-11)7-14-17-12-5-4-10(15(18)19)8-13(12)20-14/h1-3,6,10H,4-5,7-8H2,(H,18,19). The number of fused-ring (bicyclic) bond motifs is 1. The summed E-state index contributed by atoms with van der Waals surface area (Å²) in [5.41, 5.74) is 1.63. The molecule has 1 aromatic carbocycles. The van der Waals surface area contributed by atoms with Crippen LogP contribution in [-0.4, -0.2) is 16.1 Å². The molecule has 1 atom stereocenters. The molecule has 1 aromatic heterocycles. The van der Waals surface area contributed by atoms with E-state index < -0.39 is 11.9 Å². The minimum Gasteiger partial charge on any atom is -0.481 e. The average Bonchev–Trinajstić information content (AvgIpc) is 2.79. The van der Waals surface area contributed by atoms with Crippen LogP contribution in [0.15, 0.2) is 28.7 Å². The Kier molecular flexibility index (Phi) is 3.26. The van der Waals surface area contributed by atoms with Gasteiger partial charge in [0, 0.05) is 12.8 Å². The summed E-state index contributed by atoms with van der Waals surface area (Å²) >= 11 is 0. The summed E-state index contributed by atoms with van der Waals surface area (Å²) in [5, 5.41) is 9.03. The SMILES string of the molecule is O=C(O)C1CCc2nc(Cc3cccc(F)c3)oc2C1. The summed E-state index contributed by atoms with van der Waals surface area (Å²) in [6.07, 6.45) is 2.02. The van der Waals surface area contributed by atoms with Crippen molar-refractivity contribution in [2.45, 2.75) is 25.7 Å². The number of oxazole rings is 1. The van der Waals surface area contributed by atoms with Crippen molar-refractivity contribution < 1.29 is 18.7 Å². The van der Waals surface area contributed by atoms with E-state index in [0.29, 0.717) is 37.3 Å². The van der Waals surface area contributed by atoms with Gasteiger partial charge >= 0.3 is 5.97 Å². The van der Waals surface area contributed by atoms with E-state index in [1.807, 2.05) is 6.07 Å². The van der Waals surface area contributed by atoms with E-state index in [1.165, 1.54) is 12.1 Å². The third-order valence-electron chi connectivity index (χ3n) is 3.58. The Labute approximate surface area is 115 Å². The summed E-state index contributed by atoms with van der Waals surface area (Å²) in [4.78, 5) is 15.4. The summed E-state index contributed by atoms with van der Waals surface area (Å²) in [5.74, 6) is -0.289. The van der Waals surface area contributed by atoms with Gasteiger partial charge in [-0.3, -0.25) is 4.79 Å². The molecule has 0 fully saturated rings. The number of carboxylic acid groups (broad SMARTS) is 1. The molecule has 1 unspecified atom stereocenters. The monoisotopic (exact) mass is 275 g/mol. The smallest absolute Gasteiger partial charge is 0.306 e. The predicted octanol–water partition coefficient (Wildman–Crippen LogP) is 2.59. The van der Waals surface area contributed by atoms with E-state index in [4.69, 9.17) is 9.52 Å². The maximum absolute atomic E-state index is 13.1. The molecule has 0 radical (unpaired) electrons. The summed E-state index contributed by atoms with van der Waals surface area (Å²) in [7, 11) is 0. The molecule has 2 aromatic rings. The van der Waals surface area contributed by atoms with E-state index in [2.05, 4.69) is 4.98 Å². The molecule has 20 heavy (non-hydrogen) atoms. The fourth-order valence-corrected chi connectivity index (χ4v) is 2.54. The molecule has 0 aliphatic heterocycles. The van der Waals surface area contributed by atoms with Gasteiger partial charge in [0.1, 0.15) is 11.6 Å². The van der Waals surface area contributed by atoms with E-state index in [-0.39, 0.29) is 5.82 Å². The van der Waals surface area contributed by atoms with Crippen LogP contribution in [0.4, 0.5) is 4.39 Å². The number of carbonyl (C=O) groups is 1. The number of aryl methyl sites for hydroxylation is 1. The lowest BCUT2D eigenvalue weighted by molar-refractivity contribution is -0.142. The maximum atomic E-state index is 13.1. The van der Waals surface area contributed by atoms with E-state index in [1.54, 1.807) is 6.07 Å². The highest BCUT2D eigenvalue weighted by molar-refractivity contribution is 5.70. The van der Waals surface area contributed by atoms with E-state index >= 15 is 0 Å². The molecule has 0 spiro atoms. The molecule has 0 saturated heterocycles. The molecule has 104 valence electrons. The number of halogens is 1. The zero-order valence-corrected chi connectivity index (χ0v) is 10.8. The molecule has 5 heteroatoms. The first kappa shape index (κ1) is 12.8. The fourth-order valence-electron chi connectivity index (χ4n) is 2.54. The molecule has 1 aliphatic carbocycles. The van der Waals surface area contributed by atoms with Gasteiger partial charge in [-0.2, -0.15) is 0 Å². The number of benzene rings is 1. The molecule has 1 N–H and O–H groups in total. The fraction of sp³-hybridized carbons (Fsp3) is 0.333. The topological polar surface area (TPSA) is 63.3 Å². The number of nitrogens with zero attached hydrogens (tertiary/aromatic N) is 1. The Morgan fingerprint density at radius 3 is 3.10 bits per heavy atom. The molecule has 1 aliphatic rings. The van der Waals surface area contributed by atoms with E-state index in [9.17, 15) is 9.18 Å². The minimum atomic E-state index is -0.793. The molecule has 1 heterocycles. The molecular weight excluding hydrogens is 261 g/mol. The highest BCUT2D eigenvalue weighted by Gasteiger charge is 2.28. The Hall–Kier alpha value is -2.17. The van der Waals surface area contributed by atoms with Gasteiger partial charge in [-0.05, 0) is 30.5 Å². The van der Waals surface area contributed by atoms with Gasteiger partial charge in [0.2, 0.25) is 0 Å². The summed E-state index contributed by atoms with van der Waals surface area (Å²) in [6, 6.07) is 6.30. The zero-order valence-electron chi connectivity index (χ0n) is 10.8. The number of aromatic nitrogens is 1. The van der Waals surface area contributed by atoms with Crippen molar-refractivity contribution in [3.8, 4) is 0 Å². The number of carboxylic acids is 1. The van der Waals surface area contributed by atoms with Crippen LogP contribution >= 0.6 is 0 Å². The van der Waals surface area contributed by atoms with Crippen LogP contribution in [0.1, 0.15) is 29.3 Å². The molecule has 0 amide bonds.